The zero-order valence-corrected chi connectivity index (χ0v) is 14.1. The Hall–Kier alpha value is -1.30. The highest BCUT2D eigenvalue weighted by molar-refractivity contribution is 7.91. The van der Waals surface area contributed by atoms with Crippen molar-refractivity contribution in [1.82, 2.24) is 4.90 Å². The van der Waals surface area contributed by atoms with Crippen molar-refractivity contribution in [3.8, 4) is 6.07 Å². The Balaban J connectivity index is 2.55. The standard InChI is InChI=1S/C13H20N4O2S2/c1-9-8-16(2)5-4-6-17(9)13-12(21(3,18)19)11(15)10(7-14)20-13/h9H,4-6,8,15H2,1-3H3. The summed E-state index contributed by atoms with van der Waals surface area (Å²) in [6.07, 6.45) is 2.09. The maximum Gasteiger partial charge on any atom is 0.180 e. The van der Waals surface area contributed by atoms with Crippen LogP contribution in [0.2, 0.25) is 0 Å². The van der Waals surface area contributed by atoms with E-state index in [0.29, 0.717) is 5.00 Å². The number of anilines is 2. The van der Waals surface area contributed by atoms with Crippen LogP contribution in [-0.4, -0.2) is 52.3 Å². The number of thiophene rings is 1. The van der Waals surface area contributed by atoms with Crippen LogP contribution >= 0.6 is 11.3 Å². The first-order valence-corrected chi connectivity index (χ1v) is 9.44. The van der Waals surface area contributed by atoms with Crippen molar-refractivity contribution in [2.75, 3.05) is 43.6 Å². The van der Waals surface area contributed by atoms with Crippen LogP contribution in [0.4, 0.5) is 10.7 Å². The molecule has 1 atom stereocenters. The second kappa shape index (κ2) is 5.83. The zero-order chi connectivity index (χ0) is 15.8. The van der Waals surface area contributed by atoms with Gasteiger partial charge < -0.3 is 15.5 Å². The Morgan fingerprint density at radius 3 is 2.67 bits per heavy atom. The van der Waals surface area contributed by atoms with Gasteiger partial charge in [-0.05, 0) is 26.9 Å². The average Bonchev–Trinajstić information content (AvgIpc) is 2.60. The normalized spacial score (nSPS) is 21.0. The second-order valence-corrected chi connectivity index (χ2v) is 8.47. The number of nitriles is 1. The molecule has 1 unspecified atom stereocenters. The van der Waals surface area contributed by atoms with Crippen LogP contribution in [0.25, 0.3) is 0 Å². The fraction of sp³-hybridized carbons (Fsp3) is 0.615. The van der Waals surface area contributed by atoms with Crippen molar-refractivity contribution in [3.05, 3.63) is 4.88 Å². The van der Waals surface area contributed by atoms with Gasteiger partial charge in [-0.3, -0.25) is 0 Å². The molecule has 21 heavy (non-hydrogen) atoms. The van der Waals surface area contributed by atoms with Crippen molar-refractivity contribution in [1.29, 1.82) is 5.26 Å². The summed E-state index contributed by atoms with van der Waals surface area (Å²) in [5.74, 6) is 0. The van der Waals surface area contributed by atoms with Gasteiger partial charge in [-0.1, -0.05) is 0 Å². The summed E-state index contributed by atoms with van der Waals surface area (Å²) in [5.41, 5.74) is 5.98. The minimum atomic E-state index is -3.47. The summed E-state index contributed by atoms with van der Waals surface area (Å²) in [6.45, 7) is 4.65. The van der Waals surface area contributed by atoms with E-state index in [4.69, 9.17) is 11.0 Å². The Morgan fingerprint density at radius 1 is 1.43 bits per heavy atom. The van der Waals surface area contributed by atoms with Gasteiger partial charge in [0.1, 0.15) is 20.8 Å². The molecule has 8 heteroatoms. The molecule has 1 saturated heterocycles. The highest BCUT2D eigenvalue weighted by Gasteiger charge is 2.30. The quantitative estimate of drug-likeness (QED) is 0.875. The molecule has 2 N–H and O–H groups in total. The summed E-state index contributed by atoms with van der Waals surface area (Å²) in [6, 6.07) is 2.17. The molecule has 0 spiro atoms. The Kier molecular flexibility index (Phi) is 4.46. The van der Waals surface area contributed by atoms with Crippen molar-refractivity contribution >= 4 is 31.9 Å². The predicted molar refractivity (Wildman–Crippen MR) is 85.5 cm³/mol. The van der Waals surface area contributed by atoms with Gasteiger partial charge in [-0.15, -0.1) is 11.3 Å². The molecule has 0 amide bonds. The van der Waals surface area contributed by atoms with Gasteiger partial charge in [0.15, 0.2) is 9.84 Å². The van der Waals surface area contributed by atoms with Crippen molar-refractivity contribution in [2.45, 2.75) is 24.3 Å². The van der Waals surface area contributed by atoms with Gasteiger partial charge in [-0.25, -0.2) is 8.42 Å². The van der Waals surface area contributed by atoms with Crippen LogP contribution < -0.4 is 10.6 Å². The second-order valence-electron chi connectivity index (χ2n) is 5.52. The summed E-state index contributed by atoms with van der Waals surface area (Å²) >= 11 is 1.18. The lowest BCUT2D eigenvalue weighted by molar-refractivity contribution is 0.337. The minimum Gasteiger partial charge on any atom is -0.396 e. The van der Waals surface area contributed by atoms with E-state index < -0.39 is 9.84 Å². The molecular weight excluding hydrogens is 308 g/mol. The predicted octanol–water partition coefficient (Wildman–Crippen LogP) is 1.14. The van der Waals surface area contributed by atoms with E-state index in [1.807, 2.05) is 6.07 Å². The number of nitrogens with two attached hydrogens (primary N) is 1. The Bertz CT molecular complexity index is 675. The highest BCUT2D eigenvalue weighted by Crippen LogP contribution is 2.42. The van der Waals surface area contributed by atoms with Gasteiger partial charge in [0.25, 0.3) is 0 Å². The van der Waals surface area contributed by atoms with Crippen LogP contribution in [0.5, 0.6) is 0 Å². The average molecular weight is 328 g/mol. The van der Waals surface area contributed by atoms with Crippen LogP contribution in [0.15, 0.2) is 4.90 Å². The number of hydrogen-bond donors (Lipinski definition) is 1. The molecule has 0 aliphatic carbocycles. The molecule has 116 valence electrons. The lowest BCUT2D eigenvalue weighted by Crippen LogP contribution is -2.38. The van der Waals surface area contributed by atoms with Gasteiger partial charge in [0.2, 0.25) is 0 Å². The Labute approximate surface area is 129 Å². The summed E-state index contributed by atoms with van der Waals surface area (Å²) in [4.78, 5) is 4.69. The molecule has 0 bridgehead atoms. The monoisotopic (exact) mass is 328 g/mol. The van der Waals surface area contributed by atoms with E-state index in [-0.39, 0.29) is 21.5 Å². The smallest absolute Gasteiger partial charge is 0.180 e. The maximum absolute atomic E-state index is 12.1. The largest absolute Gasteiger partial charge is 0.396 e. The third-order valence-corrected chi connectivity index (χ3v) is 6.09. The molecule has 1 aliphatic rings. The van der Waals surface area contributed by atoms with Crippen LogP contribution in [-0.2, 0) is 9.84 Å². The highest BCUT2D eigenvalue weighted by atomic mass is 32.2. The lowest BCUT2D eigenvalue weighted by atomic mass is 10.3. The number of nitrogens with zero attached hydrogens (tertiary/aromatic N) is 3. The van der Waals surface area contributed by atoms with E-state index >= 15 is 0 Å². The van der Waals surface area contributed by atoms with Crippen molar-refractivity contribution in [2.24, 2.45) is 0 Å². The summed E-state index contributed by atoms with van der Waals surface area (Å²) in [7, 11) is -1.42. The van der Waals surface area contributed by atoms with Gasteiger partial charge >= 0.3 is 0 Å². The van der Waals surface area contributed by atoms with E-state index in [1.165, 1.54) is 11.3 Å². The summed E-state index contributed by atoms with van der Waals surface area (Å²) in [5, 5.41) is 9.75. The topological polar surface area (TPSA) is 90.4 Å². The lowest BCUT2D eigenvalue weighted by Gasteiger charge is -2.29. The molecular formula is C13H20N4O2S2. The van der Waals surface area contributed by atoms with Gasteiger partial charge in [0, 0.05) is 25.4 Å². The number of nitrogen functional groups attached to an aromatic ring is 1. The first-order valence-electron chi connectivity index (χ1n) is 6.73. The Morgan fingerprint density at radius 2 is 2.10 bits per heavy atom. The van der Waals surface area contributed by atoms with Crippen molar-refractivity contribution in [3.63, 3.8) is 0 Å². The van der Waals surface area contributed by atoms with Crippen LogP contribution in [0.1, 0.15) is 18.2 Å². The van der Waals surface area contributed by atoms with Crippen molar-refractivity contribution < 1.29 is 8.42 Å². The molecule has 2 rings (SSSR count). The van der Waals surface area contributed by atoms with E-state index in [0.717, 1.165) is 32.3 Å². The number of sulfone groups is 1. The molecule has 6 nitrogen and oxygen atoms in total. The van der Waals surface area contributed by atoms with E-state index in [9.17, 15) is 8.42 Å². The van der Waals surface area contributed by atoms with E-state index in [1.54, 1.807) is 0 Å². The zero-order valence-electron chi connectivity index (χ0n) is 12.5. The fourth-order valence-electron chi connectivity index (χ4n) is 2.72. The first kappa shape index (κ1) is 16.1. The van der Waals surface area contributed by atoms with E-state index in [2.05, 4.69) is 23.8 Å². The molecule has 1 fully saturated rings. The molecule has 0 aromatic carbocycles. The molecule has 1 aliphatic heterocycles. The maximum atomic E-state index is 12.1. The fourth-order valence-corrected chi connectivity index (χ4v) is 5.34. The molecule has 1 aromatic rings. The first-order chi connectivity index (χ1) is 9.75. The van der Waals surface area contributed by atoms with Gasteiger partial charge in [0.05, 0.1) is 5.69 Å². The number of likely N-dealkylation sites (N-methyl/N-ethyl adjacent to an activating group) is 1. The third kappa shape index (κ3) is 3.15. The third-order valence-electron chi connectivity index (χ3n) is 3.66. The van der Waals surface area contributed by atoms with Crippen LogP contribution in [0, 0.1) is 11.3 Å². The molecule has 1 aromatic heterocycles. The number of rotatable bonds is 2. The summed E-state index contributed by atoms with van der Waals surface area (Å²) < 4.78 is 24.2. The SMILES string of the molecule is CC1CN(C)CCCN1c1sc(C#N)c(N)c1S(C)(=O)=O. The molecule has 0 saturated carbocycles. The molecule has 0 radical (unpaired) electrons. The molecule has 2 heterocycles. The number of hydrogen-bond acceptors (Lipinski definition) is 7. The van der Waals surface area contributed by atoms with Gasteiger partial charge in [-0.2, -0.15) is 5.26 Å². The van der Waals surface area contributed by atoms with Crippen LogP contribution in [0.3, 0.4) is 0 Å². The minimum absolute atomic E-state index is 0.0878.